The topological polar surface area (TPSA) is 94.5 Å². The van der Waals surface area contributed by atoms with Crippen molar-refractivity contribution in [1.82, 2.24) is 4.90 Å². The average Bonchev–Trinajstić information content (AvgIpc) is 3.13. The molecular weight excluding hydrogens is 450 g/mol. The van der Waals surface area contributed by atoms with Crippen LogP contribution in [0, 0.1) is 0 Å². The molecule has 2 heterocycles. The van der Waals surface area contributed by atoms with E-state index in [1.165, 1.54) is 4.90 Å². The fraction of sp³-hybridized carbons (Fsp3) is 0.407. The van der Waals surface area contributed by atoms with Crippen molar-refractivity contribution in [3.63, 3.8) is 0 Å². The lowest BCUT2D eigenvalue weighted by Gasteiger charge is -2.26. The number of ketones is 1. The SMILES string of the molecule is CCCCOc1cccc([C@@H]2/C(=C(\O)c3ccc4c(c3)OCCO4)C(=O)C(=O)N2CCCOC)c1. The number of hydrogen-bond donors (Lipinski definition) is 1. The van der Waals surface area contributed by atoms with Crippen LogP contribution >= 0.6 is 0 Å². The van der Waals surface area contributed by atoms with E-state index >= 15 is 0 Å². The number of likely N-dealkylation sites (tertiary alicyclic amines) is 1. The van der Waals surface area contributed by atoms with Crippen LogP contribution in [0.2, 0.25) is 0 Å². The van der Waals surface area contributed by atoms with Gasteiger partial charge in [0.05, 0.1) is 18.2 Å². The summed E-state index contributed by atoms with van der Waals surface area (Å²) in [5, 5.41) is 11.3. The van der Waals surface area contributed by atoms with Gasteiger partial charge in [-0.15, -0.1) is 0 Å². The number of methoxy groups -OCH3 is 1. The summed E-state index contributed by atoms with van der Waals surface area (Å²) in [6.07, 6.45) is 2.48. The fourth-order valence-corrected chi connectivity index (χ4v) is 4.29. The van der Waals surface area contributed by atoms with E-state index < -0.39 is 17.7 Å². The van der Waals surface area contributed by atoms with Gasteiger partial charge in [0.1, 0.15) is 24.7 Å². The van der Waals surface area contributed by atoms with Crippen LogP contribution in [-0.2, 0) is 14.3 Å². The van der Waals surface area contributed by atoms with E-state index in [2.05, 4.69) is 6.92 Å². The van der Waals surface area contributed by atoms with Crippen molar-refractivity contribution in [1.29, 1.82) is 0 Å². The Balaban J connectivity index is 1.76. The molecule has 8 nitrogen and oxygen atoms in total. The summed E-state index contributed by atoms with van der Waals surface area (Å²) in [6, 6.07) is 11.6. The molecule has 0 spiro atoms. The molecule has 35 heavy (non-hydrogen) atoms. The Labute approximate surface area is 205 Å². The summed E-state index contributed by atoms with van der Waals surface area (Å²) in [7, 11) is 1.59. The molecule has 2 aromatic carbocycles. The number of unbranched alkanes of at least 4 members (excludes halogenated alkanes) is 1. The standard InChI is InChI=1S/C27H31NO7/c1-3-4-13-33-20-8-5-7-18(16-20)24-23(26(30)27(31)28(24)11-6-12-32-2)25(29)19-9-10-21-22(17-19)35-15-14-34-21/h5,7-10,16-17,24,29H,3-4,6,11-15H2,1-2H3/b25-23+/t24-/m1/s1. The van der Waals surface area contributed by atoms with Crippen LogP contribution in [0.25, 0.3) is 5.76 Å². The zero-order chi connectivity index (χ0) is 24.8. The summed E-state index contributed by atoms with van der Waals surface area (Å²) < 4.78 is 22.2. The van der Waals surface area contributed by atoms with E-state index in [9.17, 15) is 14.7 Å². The van der Waals surface area contributed by atoms with Crippen LogP contribution < -0.4 is 14.2 Å². The molecule has 0 bridgehead atoms. The van der Waals surface area contributed by atoms with E-state index in [-0.39, 0.29) is 11.3 Å². The Hall–Kier alpha value is -3.52. The fourth-order valence-electron chi connectivity index (χ4n) is 4.29. The van der Waals surface area contributed by atoms with Gasteiger partial charge in [0, 0.05) is 25.8 Å². The third kappa shape index (κ3) is 5.27. The summed E-state index contributed by atoms with van der Waals surface area (Å²) in [5.74, 6) is 0.0769. The molecule has 1 saturated heterocycles. The van der Waals surface area contributed by atoms with Crippen LogP contribution in [0.1, 0.15) is 43.4 Å². The van der Waals surface area contributed by atoms with Gasteiger partial charge < -0.3 is 29.0 Å². The van der Waals surface area contributed by atoms with Gasteiger partial charge >= 0.3 is 0 Å². The summed E-state index contributed by atoms with van der Waals surface area (Å²) in [6.45, 7) is 4.25. The number of hydrogen-bond acceptors (Lipinski definition) is 7. The van der Waals surface area contributed by atoms with Gasteiger partial charge in [-0.05, 0) is 48.7 Å². The Morgan fingerprint density at radius 3 is 2.63 bits per heavy atom. The molecule has 1 amide bonds. The molecule has 2 aromatic rings. The van der Waals surface area contributed by atoms with E-state index in [1.54, 1.807) is 25.3 Å². The number of carbonyl (C=O) groups is 2. The first-order valence-electron chi connectivity index (χ1n) is 11.9. The summed E-state index contributed by atoms with van der Waals surface area (Å²) >= 11 is 0. The first-order chi connectivity index (χ1) is 17.0. The lowest BCUT2D eigenvalue weighted by Crippen LogP contribution is -2.31. The lowest BCUT2D eigenvalue weighted by molar-refractivity contribution is -0.140. The largest absolute Gasteiger partial charge is 0.507 e. The number of fused-ring (bicyclic) bond motifs is 1. The van der Waals surface area contributed by atoms with E-state index in [4.69, 9.17) is 18.9 Å². The summed E-state index contributed by atoms with van der Waals surface area (Å²) in [5.41, 5.74) is 1.11. The molecule has 0 aliphatic carbocycles. The molecule has 1 fully saturated rings. The van der Waals surface area contributed by atoms with E-state index in [1.807, 2.05) is 24.3 Å². The Kier molecular flexibility index (Phi) is 7.92. The van der Waals surface area contributed by atoms with Gasteiger partial charge in [0.25, 0.3) is 11.7 Å². The summed E-state index contributed by atoms with van der Waals surface area (Å²) in [4.78, 5) is 27.8. The van der Waals surface area contributed by atoms with Crippen molar-refractivity contribution >= 4 is 17.4 Å². The molecule has 0 radical (unpaired) electrons. The highest BCUT2D eigenvalue weighted by molar-refractivity contribution is 6.46. The molecular formula is C27H31NO7. The number of carbonyl (C=O) groups excluding carboxylic acids is 2. The number of nitrogens with zero attached hydrogens (tertiary/aromatic N) is 1. The highest BCUT2D eigenvalue weighted by Gasteiger charge is 2.46. The zero-order valence-corrected chi connectivity index (χ0v) is 20.1. The number of aliphatic hydroxyl groups excluding tert-OH is 1. The molecule has 8 heteroatoms. The maximum atomic E-state index is 13.2. The van der Waals surface area contributed by atoms with Crippen molar-refractivity contribution in [3.8, 4) is 17.2 Å². The maximum Gasteiger partial charge on any atom is 0.295 e. The van der Waals surface area contributed by atoms with Gasteiger partial charge in [-0.1, -0.05) is 25.5 Å². The second-order valence-electron chi connectivity index (χ2n) is 8.47. The van der Waals surface area contributed by atoms with Gasteiger partial charge in [-0.3, -0.25) is 9.59 Å². The second-order valence-corrected chi connectivity index (χ2v) is 8.47. The molecule has 186 valence electrons. The van der Waals surface area contributed by atoms with E-state index in [0.29, 0.717) is 67.8 Å². The number of benzene rings is 2. The van der Waals surface area contributed by atoms with Crippen molar-refractivity contribution in [2.24, 2.45) is 0 Å². The van der Waals surface area contributed by atoms with E-state index in [0.717, 1.165) is 12.8 Å². The Bertz CT molecular complexity index is 1110. The Morgan fingerprint density at radius 2 is 1.86 bits per heavy atom. The number of ether oxygens (including phenoxy) is 4. The van der Waals surface area contributed by atoms with Crippen LogP contribution in [-0.4, -0.2) is 61.8 Å². The molecule has 4 rings (SSSR count). The van der Waals surface area contributed by atoms with Gasteiger partial charge in [-0.2, -0.15) is 0 Å². The third-order valence-corrected chi connectivity index (χ3v) is 6.04. The predicted octanol–water partition coefficient (Wildman–Crippen LogP) is 4.09. The monoisotopic (exact) mass is 481 g/mol. The van der Waals surface area contributed by atoms with Gasteiger partial charge in [0.15, 0.2) is 11.5 Å². The maximum absolute atomic E-state index is 13.2. The Morgan fingerprint density at radius 1 is 1.06 bits per heavy atom. The second kappa shape index (κ2) is 11.3. The predicted molar refractivity (Wildman–Crippen MR) is 130 cm³/mol. The minimum Gasteiger partial charge on any atom is -0.507 e. The smallest absolute Gasteiger partial charge is 0.295 e. The van der Waals surface area contributed by atoms with Crippen LogP contribution in [0.3, 0.4) is 0 Å². The van der Waals surface area contributed by atoms with Gasteiger partial charge in [-0.25, -0.2) is 0 Å². The molecule has 0 saturated carbocycles. The normalized spacial score (nSPS) is 18.7. The molecule has 0 aromatic heterocycles. The minimum atomic E-state index is -0.755. The number of aliphatic hydroxyl groups is 1. The first-order valence-corrected chi connectivity index (χ1v) is 11.9. The molecule has 1 atom stereocenters. The minimum absolute atomic E-state index is 0.0369. The highest BCUT2D eigenvalue weighted by atomic mass is 16.6. The van der Waals surface area contributed by atoms with Crippen LogP contribution in [0.15, 0.2) is 48.0 Å². The quantitative estimate of drug-likeness (QED) is 0.236. The van der Waals surface area contributed by atoms with Crippen molar-refractivity contribution in [3.05, 3.63) is 59.2 Å². The zero-order valence-electron chi connectivity index (χ0n) is 20.1. The number of Topliss-reactive ketones (excluding diaryl/α,β-unsaturated/α-hetero) is 1. The average molecular weight is 482 g/mol. The molecule has 0 unspecified atom stereocenters. The number of rotatable bonds is 10. The first kappa shape index (κ1) is 24.6. The van der Waals surface area contributed by atoms with Crippen molar-refractivity contribution < 1.29 is 33.6 Å². The lowest BCUT2D eigenvalue weighted by atomic mass is 9.95. The van der Waals surface area contributed by atoms with Crippen molar-refractivity contribution in [2.45, 2.75) is 32.2 Å². The molecule has 1 N–H and O–H groups in total. The molecule has 2 aliphatic rings. The van der Waals surface area contributed by atoms with Crippen LogP contribution in [0.5, 0.6) is 17.2 Å². The highest BCUT2D eigenvalue weighted by Crippen LogP contribution is 2.41. The molecule has 2 aliphatic heterocycles. The van der Waals surface area contributed by atoms with Crippen LogP contribution in [0.4, 0.5) is 0 Å². The van der Waals surface area contributed by atoms with Gasteiger partial charge in [0.2, 0.25) is 0 Å². The third-order valence-electron chi connectivity index (χ3n) is 6.04. The van der Waals surface area contributed by atoms with Crippen molar-refractivity contribution in [2.75, 3.05) is 40.1 Å². The number of amides is 1.